The number of nitrogens with one attached hydrogen (secondary N) is 1. The van der Waals surface area contributed by atoms with Crippen LogP contribution in [0.1, 0.15) is 16.7 Å². The van der Waals surface area contributed by atoms with E-state index in [1.165, 1.54) is 12.1 Å². The van der Waals surface area contributed by atoms with Crippen LogP contribution in [-0.4, -0.2) is 6.21 Å². The molecule has 3 nitrogen and oxygen atoms in total. The number of nitrogens with zero attached hydrogens (tertiary/aromatic N) is 1. The monoisotopic (exact) mass is 448 g/mol. The first-order valence-corrected chi connectivity index (χ1v) is 9.13. The van der Waals surface area contributed by atoms with E-state index in [4.69, 9.17) is 4.74 Å². The van der Waals surface area contributed by atoms with Gasteiger partial charge < -0.3 is 4.74 Å². The number of halogens is 4. The van der Waals surface area contributed by atoms with E-state index in [0.29, 0.717) is 12.3 Å². The Balaban J connectivity index is 1.51. The highest BCUT2D eigenvalue weighted by Gasteiger charge is 2.29. The third kappa shape index (κ3) is 5.85. The number of hydrazone groups is 1. The fraction of sp³-hybridized carbons (Fsp3) is 0.0952. The Labute approximate surface area is 169 Å². The average Bonchev–Trinajstić information content (AvgIpc) is 2.68. The molecule has 0 atom stereocenters. The standard InChI is InChI=1S/C21H16BrF3N2O/c22-18-7-1-16(2-8-18)14-28-20-11-3-15(4-12-20)13-26-27-19-9-5-17(6-10-19)21(23,24)25/h1-13,27H,14H2. The first-order valence-electron chi connectivity index (χ1n) is 8.34. The molecule has 3 rings (SSSR count). The lowest BCUT2D eigenvalue weighted by atomic mass is 10.2. The van der Waals surface area contributed by atoms with Gasteiger partial charge in [-0.2, -0.15) is 18.3 Å². The van der Waals surface area contributed by atoms with Crippen molar-refractivity contribution < 1.29 is 17.9 Å². The minimum Gasteiger partial charge on any atom is -0.489 e. The molecular formula is C21H16BrF3N2O. The summed E-state index contributed by atoms with van der Waals surface area (Å²) in [7, 11) is 0. The molecule has 0 saturated carbocycles. The summed E-state index contributed by atoms with van der Waals surface area (Å²) in [6.07, 6.45) is -2.76. The second kappa shape index (κ2) is 8.93. The quantitative estimate of drug-likeness (QED) is 0.345. The van der Waals surface area contributed by atoms with E-state index in [0.717, 1.165) is 33.5 Å². The fourth-order valence-electron chi connectivity index (χ4n) is 2.31. The summed E-state index contributed by atoms with van der Waals surface area (Å²) in [5, 5.41) is 4.03. The number of anilines is 1. The lowest BCUT2D eigenvalue weighted by Gasteiger charge is -2.07. The van der Waals surface area contributed by atoms with Crippen molar-refractivity contribution in [2.75, 3.05) is 5.43 Å². The highest BCUT2D eigenvalue weighted by atomic mass is 79.9. The van der Waals surface area contributed by atoms with Gasteiger partial charge in [-0.25, -0.2) is 0 Å². The van der Waals surface area contributed by atoms with Crippen molar-refractivity contribution in [2.24, 2.45) is 5.10 Å². The zero-order chi connectivity index (χ0) is 20.0. The molecule has 144 valence electrons. The fourth-order valence-corrected chi connectivity index (χ4v) is 2.58. The van der Waals surface area contributed by atoms with E-state index in [9.17, 15) is 13.2 Å². The van der Waals surface area contributed by atoms with Gasteiger partial charge in [-0.1, -0.05) is 28.1 Å². The Morgan fingerprint density at radius 2 is 1.54 bits per heavy atom. The minimum atomic E-state index is -4.34. The van der Waals surface area contributed by atoms with Crippen LogP contribution in [0.3, 0.4) is 0 Å². The second-order valence-electron chi connectivity index (χ2n) is 5.93. The number of rotatable bonds is 6. The van der Waals surface area contributed by atoms with Crippen molar-refractivity contribution in [3.05, 3.63) is 94.0 Å². The molecular weight excluding hydrogens is 433 g/mol. The Morgan fingerprint density at radius 1 is 0.893 bits per heavy atom. The van der Waals surface area contributed by atoms with Gasteiger partial charge >= 0.3 is 6.18 Å². The topological polar surface area (TPSA) is 33.6 Å². The first kappa shape index (κ1) is 19.9. The molecule has 0 aliphatic carbocycles. The SMILES string of the molecule is FC(F)(F)c1ccc(NN=Cc2ccc(OCc3ccc(Br)cc3)cc2)cc1. The zero-order valence-corrected chi connectivity index (χ0v) is 16.2. The van der Waals surface area contributed by atoms with Gasteiger partial charge in [-0.05, 0) is 71.8 Å². The molecule has 0 saturated heterocycles. The van der Waals surface area contributed by atoms with Crippen LogP contribution in [-0.2, 0) is 12.8 Å². The summed E-state index contributed by atoms with van der Waals surface area (Å²) in [6.45, 7) is 0.468. The van der Waals surface area contributed by atoms with Crippen LogP contribution in [0.25, 0.3) is 0 Å². The van der Waals surface area contributed by atoms with Crippen LogP contribution >= 0.6 is 15.9 Å². The number of hydrogen-bond donors (Lipinski definition) is 1. The van der Waals surface area contributed by atoms with Crippen molar-refractivity contribution in [1.82, 2.24) is 0 Å². The molecule has 0 heterocycles. The van der Waals surface area contributed by atoms with E-state index in [1.807, 2.05) is 48.5 Å². The van der Waals surface area contributed by atoms with Crippen LogP contribution < -0.4 is 10.2 Å². The Kier molecular flexibility index (Phi) is 6.36. The summed E-state index contributed by atoms with van der Waals surface area (Å²) >= 11 is 3.39. The van der Waals surface area contributed by atoms with Crippen LogP contribution in [0.5, 0.6) is 5.75 Å². The van der Waals surface area contributed by atoms with Crippen LogP contribution in [0, 0.1) is 0 Å². The molecule has 7 heteroatoms. The molecule has 0 fully saturated rings. The van der Waals surface area contributed by atoms with Crippen molar-refractivity contribution in [3.63, 3.8) is 0 Å². The number of ether oxygens (including phenoxy) is 1. The molecule has 0 aliphatic heterocycles. The van der Waals surface area contributed by atoms with Gasteiger partial charge in [0, 0.05) is 4.47 Å². The first-order chi connectivity index (χ1) is 13.4. The summed E-state index contributed by atoms with van der Waals surface area (Å²) in [5.74, 6) is 0.732. The minimum absolute atomic E-state index is 0.468. The summed E-state index contributed by atoms with van der Waals surface area (Å²) in [6, 6.07) is 19.9. The average molecular weight is 449 g/mol. The van der Waals surface area contributed by atoms with E-state index >= 15 is 0 Å². The lowest BCUT2D eigenvalue weighted by molar-refractivity contribution is -0.137. The normalized spacial score (nSPS) is 11.6. The van der Waals surface area contributed by atoms with E-state index in [1.54, 1.807) is 6.21 Å². The predicted octanol–water partition coefficient (Wildman–Crippen LogP) is 6.49. The highest BCUT2D eigenvalue weighted by molar-refractivity contribution is 9.10. The summed E-state index contributed by atoms with van der Waals surface area (Å²) < 4.78 is 44.3. The van der Waals surface area contributed by atoms with Gasteiger partial charge in [-0.15, -0.1) is 0 Å². The van der Waals surface area contributed by atoms with E-state index < -0.39 is 11.7 Å². The molecule has 0 radical (unpaired) electrons. The smallest absolute Gasteiger partial charge is 0.416 e. The third-order valence-corrected chi connectivity index (χ3v) is 4.35. The molecule has 1 N–H and O–H groups in total. The Hall–Kier alpha value is -2.80. The molecule has 0 aliphatic rings. The number of hydrogen-bond acceptors (Lipinski definition) is 3. The van der Waals surface area contributed by atoms with Gasteiger partial charge in [-0.3, -0.25) is 5.43 Å². The number of alkyl halides is 3. The van der Waals surface area contributed by atoms with Crippen LogP contribution in [0.4, 0.5) is 18.9 Å². The van der Waals surface area contributed by atoms with Crippen molar-refractivity contribution in [1.29, 1.82) is 0 Å². The van der Waals surface area contributed by atoms with Crippen LogP contribution in [0.2, 0.25) is 0 Å². The van der Waals surface area contributed by atoms with Gasteiger partial charge in [0.2, 0.25) is 0 Å². The third-order valence-electron chi connectivity index (χ3n) is 3.82. The Morgan fingerprint density at radius 3 is 2.14 bits per heavy atom. The largest absolute Gasteiger partial charge is 0.489 e. The van der Waals surface area contributed by atoms with Crippen molar-refractivity contribution >= 4 is 27.8 Å². The maximum absolute atomic E-state index is 12.5. The molecule has 28 heavy (non-hydrogen) atoms. The van der Waals surface area contributed by atoms with Crippen molar-refractivity contribution in [3.8, 4) is 5.75 Å². The number of benzene rings is 3. The van der Waals surface area contributed by atoms with Gasteiger partial charge in [0.05, 0.1) is 17.5 Å². The summed E-state index contributed by atoms with van der Waals surface area (Å²) in [4.78, 5) is 0. The summed E-state index contributed by atoms with van der Waals surface area (Å²) in [5.41, 5.74) is 4.38. The van der Waals surface area contributed by atoms with Crippen LogP contribution in [0.15, 0.2) is 82.4 Å². The maximum atomic E-state index is 12.5. The van der Waals surface area contributed by atoms with Gasteiger partial charge in [0.25, 0.3) is 0 Å². The second-order valence-corrected chi connectivity index (χ2v) is 6.84. The molecule has 0 spiro atoms. The van der Waals surface area contributed by atoms with E-state index in [-0.39, 0.29) is 0 Å². The molecule has 0 aromatic heterocycles. The molecule has 3 aromatic rings. The molecule has 0 amide bonds. The van der Waals surface area contributed by atoms with E-state index in [2.05, 4.69) is 26.5 Å². The molecule has 0 bridgehead atoms. The molecule has 0 unspecified atom stereocenters. The van der Waals surface area contributed by atoms with Crippen molar-refractivity contribution in [2.45, 2.75) is 12.8 Å². The van der Waals surface area contributed by atoms with Gasteiger partial charge in [0.15, 0.2) is 0 Å². The predicted molar refractivity (Wildman–Crippen MR) is 108 cm³/mol. The lowest BCUT2D eigenvalue weighted by Crippen LogP contribution is -2.04. The van der Waals surface area contributed by atoms with Gasteiger partial charge in [0.1, 0.15) is 12.4 Å². The Bertz CT molecular complexity index is 922. The molecule has 3 aromatic carbocycles. The highest BCUT2D eigenvalue weighted by Crippen LogP contribution is 2.29. The maximum Gasteiger partial charge on any atom is 0.416 e. The zero-order valence-electron chi connectivity index (χ0n) is 14.6.